The standard InChI is InChI=1S/C13H15N7O5/c14-8-4-5-10(18-13(15)19-11(5)24)20(9(4)17-2-16-8)12-7(23)6(22)3(1-21)25-12/h2-3,6-7,12,21-23H,1H2,(H2,14,16,17)(H3,15,18,19,24)/t3-,6+,7-,12-/m0/s1. The van der Waals surface area contributed by atoms with Crippen LogP contribution in [0.15, 0.2) is 11.1 Å². The molecule has 0 saturated carbocycles. The number of aromatic nitrogens is 5. The Bertz CT molecular complexity index is 1030. The minimum atomic E-state index is -1.39. The van der Waals surface area contributed by atoms with Crippen molar-refractivity contribution < 1.29 is 20.1 Å². The van der Waals surface area contributed by atoms with Crippen molar-refractivity contribution in [2.45, 2.75) is 24.5 Å². The first-order chi connectivity index (χ1) is 11.9. The van der Waals surface area contributed by atoms with E-state index in [-0.39, 0.29) is 33.8 Å². The molecule has 0 aromatic carbocycles. The fourth-order valence-corrected chi connectivity index (χ4v) is 3.12. The Morgan fingerprint density at radius 2 is 1.96 bits per heavy atom. The van der Waals surface area contributed by atoms with Gasteiger partial charge in [-0.1, -0.05) is 0 Å². The van der Waals surface area contributed by atoms with Crippen LogP contribution in [0.25, 0.3) is 22.1 Å². The number of H-pyrrole nitrogens is 1. The second-order valence-electron chi connectivity index (χ2n) is 5.71. The van der Waals surface area contributed by atoms with E-state index in [9.17, 15) is 20.1 Å². The monoisotopic (exact) mass is 349 g/mol. The van der Waals surface area contributed by atoms with E-state index in [4.69, 9.17) is 16.2 Å². The van der Waals surface area contributed by atoms with Gasteiger partial charge in [0.1, 0.15) is 36.1 Å². The van der Waals surface area contributed by atoms with E-state index in [1.165, 1.54) is 10.9 Å². The number of aliphatic hydroxyl groups excluding tert-OH is 3. The van der Waals surface area contributed by atoms with Crippen LogP contribution in [-0.2, 0) is 4.74 Å². The Morgan fingerprint density at radius 3 is 2.64 bits per heavy atom. The third-order valence-corrected chi connectivity index (χ3v) is 4.25. The molecule has 0 unspecified atom stereocenters. The number of aliphatic hydroxyl groups is 3. The maximum atomic E-state index is 12.4. The first-order valence-electron chi connectivity index (χ1n) is 7.36. The normalized spacial score (nSPS) is 26.7. The van der Waals surface area contributed by atoms with E-state index in [0.29, 0.717) is 0 Å². The predicted molar refractivity (Wildman–Crippen MR) is 85.3 cm³/mol. The van der Waals surface area contributed by atoms with Gasteiger partial charge in [0.2, 0.25) is 5.95 Å². The van der Waals surface area contributed by atoms with Crippen molar-refractivity contribution in [1.29, 1.82) is 0 Å². The summed E-state index contributed by atoms with van der Waals surface area (Å²) < 4.78 is 6.85. The quantitative estimate of drug-likeness (QED) is 0.286. The number of hydrogen-bond donors (Lipinski definition) is 6. The fraction of sp³-hybridized carbons (Fsp3) is 0.385. The van der Waals surface area contributed by atoms with Gasteiger partial charge in [-0.05, 0) is 0 Å². The van der Waals surface area contributed by atoms with Gasteiger partial charge in [-0.2, -0.15) is 4.98 Å². The fourth-order valence-electron chi connectivity index (χ4n) is 3.12. The number of rotatable bonds is 2. The molecule has 1 fully saturated rings. The zero-order chi connectivity index (χ0) is 17.9. The molecule has 12 heteroatoms. The molecule has 8 N–H and O–H groups in total. The molecule has 1 saturated heterocycles. The van der Waals surface area contributed by atoms with Gasteiger partial charge in [-0.15, -0.1) is 0 Å². The van der Waals surface area contributed by atoms with Gasteiger partial charge in [-0.25, -0.2) is 9.97 Å². The van der Waals surface area contributed by atoms with Crippen molar-refractivity contribution in [3.05, 3.63) is 16.7 Å². The highest BCUT2D eigenvalue weighted by atomic mass is 16.6. The summed E-state index contributed by atoms with van der Waals surface area (Å²) >= 11 is 0. The van der Waals surface area contributed by atoms with Crippen LogP contribution in [0.5, 0.6) is 0 Å². The van der Waals surface area contributed by atoms with E-state index in [2.05, 4.69) is 19.9 Å². The van der Waals surface area contributed by atoms with E-state index in [1.54, 1.807) is 0 Å². The molecular formula is C13H15N7O5. The molecular weight excluding hydrogens is 334 g/mol. The molecule has 4 rings (SSSR count). The first kappa shape index (κ1) is 15.7. The van der Waals surface area contributed by atoms with Crippen molar-refractivity contribution in [3.8, 4) is 0 Å². The van der Waals surface area contributed by atoms with Gasteiger partial charge in [0.25, 0.3) is 5.56 Å². The molecule has 0 amide bonds. The van der Waals surface area contributed by atoms with Crippen LogP contribution in [0.3, 0.4) is 0 Å². The summed E-state index contributed by atoms with van der Waals surface area (Å²) in [6.45, 7) is -0.501. The molecule has 4 heterocycles. The summed E-state index contributed by atoms with van der Waals surface area (Å²) in [5.41, 5.74) is 11.2. The molecule has 3 aromatic heterocycles. The summed E-state index contributed by atoms with van der Waals surface area (Å²) in [6.07, 6.45) is -3.71. The third-order valence-electron chi connectivity index (χ3n) is 4.25. The summed E-state index contributed by atoms with van der Waals surface area (Å²) in [7, 11) is 0. The lowest BCUT2D eigenvalue weighted by atomic mass is 10.1. The molecule has 25 heavy (non-hydrogen) atoms. The maximum absolute atomic E-state index is 12.4. The van der Waals surface area contributed by atoms with Crippen molar-refractivity contribution in [1.82, 2.24) is 24.5 Å². The molecule has 1 aliphatic heterocycles. The van der Waals surface area contributed by atoms with E-state index in [0.717, 1.165) is 0 Å². The Hall–Kier alpha value is -2.80. The van der Waals surface area contributed by atoms with Crippen LogP contribution < -0.4 is 17.0 Å². The maximum Gasteiger partial charge on any atom is 0.262 e. The molecule has 0 radical (unpaired) electrons. The van der Waals surface area contributed by atoms with Gasteiger partial charge in [-0.3, -0.25) is 14.3 Å². The molecule has 0 aliphatic carbocycles. The lowest BCUT2D eigenvalue weighted by Gasteiger charge is -2.18. The molecule has 1 aliphatic rings. The Kier molecular flexibility index (Phi) is 3.36. The smallest absolute Gasteiger partial charge is 0.262 e. The van der Waals surface area contributed by atoms with Crippen LogP contribution in [0, 0.1) is 0 Å². The minimum absolute atomic E-state index is 0.0394. The van der Waals surface area contributed by atoms with Gasteiger partial charge >= 0.3 is 0 Å². The van der Waals surface area contributed by atoms with Crippen molar-refractivity contribution in [2.24, 2.45) is 0 Å². The zero-order valence-corrected chi connectivity index (χ0v) is 12.7. The Morgan fingerprint density at radius 1 is 1.20 bits per heavy atom. The number of nitrogen functional groups attached to an aromatic ring is 2. The number of nitrogens with zero attached hydrogens (tertiary/aromatic N) is 4. The van der Waals surface area contributed by atoms with Crippen molar-refractivity contribution in [3.63, 3.8) is 0 Å². The van der Waals surface area contributed by atoms with Crippen LogP contribution in [0.4, 0.5) is 11.8 Å². The molecule has 3 aromatic rings. The highest BCUT2D eigenvalue weighted by molar-refractivity contribution is 6.09. The van der Waals surface area contributed by atoms with Gasteiger partial charge in [0.15, 0.2) is 11.9 Å². The van der Waals surface area contributed by atoms with Crippen LogP contribution >= 0.6 is 0 Å². The summed E-state index contributed by atoms with van der Waals surface area (Å²) in [5, 5.41) is 29.9. The second-order valence-corrected chi connectivity index (χ2v) is 5.71. The predicted octanol–water partition coefficient (Wildman–Crippen LogP) is -2.56. The Balaban J connectivity index is 2.09. The third kappa shape index (κ3) is 2.09. The molecule has 132 valence electrons. The summed E-state index contributed by atoms with van der Waals surface area (Å²) in [4.78, 5) is 26.8. The van der Waals surface area contributed by atoms with Gasteiger partial charge < -0.3 is 31.5 Å². The molecule has 0 spiro atoms. The molecule has 12 nitrogen and oxygen atoms in total. The lowest BCUT2D eigenvalue weighted by Crippen LogP contribution is -2.33. The molecule has 4 atom stereocenters. The number of anilines is 2. The SMILES string of the molecule is Nc1nc2c(c(=O)[nH]1)c1c(N)ncnc1n2[C@H]1O[C@@H](CO)[C@@H](O)[C@@H]1O. The lowest BCUT2D eigenvalue weighted by molar-refractivity contribution is -0.0492. The number of fused-ring (bicyclic) bond motifs is 3. The average molecular weight is 349 g/mol. The van der Waals surface area contributed by atoms with Gasteiger partial charge in [0.05, 0.1) is 17.4 Å². The molecule has 0 bridgehead atoms. The number of hydrogen-bond acceptors (Lipinski definition) is 10. The zero-order valence-electron chi connectivity index (χ0n) is 12.7. The van der Waals surface area contributed by atoms with E-state index in [1.807, 2.05) is 0 Å². The van der Waals surface area contributed by atoms with Crippen molar-refractivity contribution in [2.75, 3.05) is 18.1 Å². The first-order valence-corrected chi connectivity index (χ1v) is 7.36. The second kappa shape index (κ2) is 5.35. The van der Waals surface area contributed by atoms with Crippen LogP contribution in [0.2, 0.25) is 0 Å². The summed E-state index contributed by atoms with van der Waals surface area (Å²) in [6, 6.07) is 0. The number of ether oxygens (including phenoxy) is 1. The topological polar surface area (TPSA) is 198 Å². The van der Waals surface area contributed by atoms with Crippen molar-refractivity contribution >= 4 is 33.8 Å². The highest BCUT2D eigenvalue weighted by Crippen LogP contribution is 2.36. The largest absolute Gasteiger partial charge is 0.394 e. The number of aromatic amines is 1. The number of nitrogens with two attached hydrogens (primary N) is 2. The van der Waals surface area contributed by atoms with E-state index < -0.39 is 36.7 Å². The highest BCUT2D eigenvalue weighted by Gasteiger charge is 2.45. The van der Waals surface area contributed by atoms with E-state index >= 15 is 0 Å². The summed E-state index contributed by atoms with van der Waals surface area (Å²) in [5.74, 6) is -0.114. The Labute approximate surface area is 138 Å². The van der Waals surface area contributed by atoms with Crippen LogP contribution in [0.1, 0.15) is 6.23 Å². The minimum Gasteiger partial charge on any atom is -0.394 e. The van der Waals surface area contributed by atoms with Crippen LogP contribution in [-0.4, -0.2) is 64.7 Å². The van der Waals surface area contributed by atoms with Gasteiger partial charge in [0, 0.05) is 0 Å². The average Bonchev–Trinajstić information content (AvgIpc) is 3.04. The number of nitrogens with one attached hydrogen (secondary N) is 1.